The van der Waals surface area contributed by atoms with Gasteiger partial charge in [-0.3, -0.25) is 9.97 Å². The number of aromatic nitrogens is 4. The van der Waals surface area contributed by atoms with E-state index in [1.165, 1.54) is 7.11 Å². The summed E-state index contributed by atoms with van der Waals surface area (Å²) in [6.07, 6.45) is 3.53. The van der Waals surface area contributed by atoms with Crippen LogP contribution in [0.2, 0.25) is 0 Å². The van der Waals surface area contributed by atoms with E-state index >= 15 is 0 Å². The fourth-order valence-corrected chi connectivity index (χ4v) is 3.36. The Balaban J connectivity index is 1.77. The number of pyridine rings is 2. The molecule has 0 saturated carbocycles. The van der Waals surface area contributed by atoms with E-state index in [-0.39, 0.29) is 5.97 Å². The van der Waals surface area contributed by atoms with E-state index in [9.17, 15) is 4.79 Å². The van der Waals surface area contributed by atoms with E-state index in [4.69, 9.17) is 9.72 Å². The van der Waals surface area contributed by atoms with Crippen LogP contribution < -0.4 is 0 Å². The Hall–Kier alpha value is -3.80. The molecule has 3 heterocycles. The van der Waals surface area contributed by atoms with Crippen molar-refractivity contribution in [2.75, 3.05) is 7.11 Å². The van der Waals surface area contributed by atoms with Gasteiger partial charge in [0, 0.05) is 28.7 Å². The average molecular weight is 354 g/mol. The second-order valence-electron chi connectivity index (χ2n) is 6.18. The number of nitrogens with one attached hydrogen (secondary N) is 1. The molecule has 6 nitrogen and oxygen atoms in total. The van der Waals surface area contributed by atoms with Crippen molar-refractivity contribution < 1.29 is 9.53 Å². The maximum absolute atomic E-state index is 11.6. The van der Waals surface area contributed by atoms with Crippen LogP contribution >= 0.6 is 0 Å². The van der Waals surface area contributed by atoms with Crippen LogP contribution in [-0.2, 0) is 4.74 Å². The molecule has 0 spiro atoms. The molecule has 6 heteroatoms. The van der Waals surface area contributed by atoms with Gasteiger partial charge in [0.1, 0.15) is 5.82 Å². The van der Waals surface area contributed by atoms with Crippen LogP contribution in [0.25, 0.3) is 44.2 Å². The number of esters is 1. The molecule has 2 aromatic carbocycles. The summed E-state index contributed by atoms with van der Waals surface area (Å²) in [4.78, 5) is 28.9. The molecule has 0 atom stereocenters. The smallest absolute Gasteiger partial charge is 0.337 e. The lowest BCUT2D eigenvalue weighted by molar-refractivity contribution is 0.0601. The molecular formula is C21H14N4O2. The number of hydrogen-bond donors (Lipinski definition) is 1. The molecule has 0 aliphatic heterocycles. The van der Waals surface area contributed by atoms with Gasteiger partial charge in [0.05, 0.1) is 34.7 Å². The predicted octanol–water partition coefficient (Wildman–Crippen LogP) is 4.11. The van der Waals surface area contributed by atoms with E-state index in [2.05, 4.69) is 15.0 Å². The molecule has 0 radical (unpaired) electrons. The number of carbonyl (C=O) groups is 1. The standard InChI is InChI=1S/C21H14N4O2/c1-27-21(26)13-8-6-12(7-9-13)20-24-18-14-4-2-10-22-16(14)17-15(19(18)25-20)5-3-11-23-17/h2-11H,1H3,(H,24,25). The highest BCUT2D eigenvalue weighted by Crippen LogP contribution is 2.33. The molecule has 0 aliphatic carbocycles. The predicted molar refractivity (Wildman–Crippen MR) is 103 cm³/mol. The number of rotatable bonds is 2. The first kappa shape index (κ1) is 15.5. The van der Waals surface area contributed by atoms with Gasteiger partial charge in [-0.25, -0.2) is 9.78 Å². The van der Waals surface area contributed by atoms with E-state index in [0.717, 1.165) is 44.2 Å². The third kappa shape index (κ3) is 2.34. The van der Waals surface area contributed by atoms with E-state index in [0.29, 0.717) is 5.56 Å². The van der Waals surface area contributed by atoms with Crippen LogP contribution in [0.5, 0.6) is 0 Å². The zero-order valence-electron chi connectivity index (χ0n) is 14.4. The number of hydrogen-bond acceptors (Lipinski definition) is 5. The van der Waals surface area contributed by atoms with Gasteiger partial charge in [0.25, 0.3) is 0 Å². The van der Waals surface area contributed by atoms with Crippen molar-refractivity contribution in [2.45, 2.75) is 0 Å². The lowest BCUT2D eigenvalue weighted by atomic mass is 10.1. The number of methoxy groups -OCH3 is 1. The summed E-state index contributed by atoms with van der Waals surface area (Å²) >= 11 is 0. The van der Waals surface area contributed by atoms with Crippen molar-refractivity contribution >= 4 is 38.8 Å². The molecule has 0 saturated heterocycles. The lowest BCUT2D eigenvalue weighted by Gasteiger charge is -2.03. The topological polar surface area (TPSA) is 80.8 Å². The summed E-state index contributed by atoms with van der Waals surface area (Å²) in [6, 6.07) is 15.0. The molecule has 0 unspecified atom stereocenters. The molecule has 27 heavy (non-hydrogen) atoms. The van der Waals surface area contributed by atoms with Crippen LogP contribution in [0, 0.1) is 0 Å². The number of fused-ring (bicyclic) bond motifs is 6. The first-order valence-corrected chi connectivity index (χ1v) is 8.46. The molecule has 5 aromatic rings. The van der Waals surface area contributed by atoms with E-state index < -0.39 is 0 Å². The fraction of sp³-hybridized carbons (Fsp3) is 0.0476. The minimum absolute atomic E-state index is 0.361. The average Bonchev–Trinajstić information content (AvgIpc) is 3.19. The number of carbonyl (C=O) groups excluding carboxylic acids is 1. The summed E-state index contributed by atoms with van der Waals surface area (Å²) < 4.78 is 4.75. The summed E-state index contributed by atoms with van der Waals surface area (Å²) in [5.74, 6) is 0.364. The van der Waals surface area contributed by atoms with Crippen LogP contribution in [0.1, 0.15) is 10.4 Å². The van der Waals surface area contributed by atoms with Gasteiger partial charge in [-0.2, -0.15) is 0 Å². The molecule has 0 bridgehead atoms. The maximum atomic E-state index is 11.6. The van der Waals surface area contributed by atoms with Gasteiger partial charge in [0.2, 0.25) is 0 Å². The molecule has 0 fully saturated rings. The van der Waals surface area contributed by atoms with E-state index in [1.54, 1.807) is 24.5 Å². The van der Waals surface area contributed by atoms with Crippen molar-refractivity contribution in [2.24, 2.45) is 0 Å². The monoisotopic (exact) mass is 354 g/mol. The summed E-state index contributed by atoms with van der Waals surface area (Å²) in [5.41, 5.74) is 4.84. The van der Waals surface area contributed by atoms with E-state index in [1.807, 2.05) is 36.4 Å². The fourth-order valence-electron chi connectivity index (χ4n) is 3.36. The Labute approximate surface area is 153 Å². The molecule has 0 aliphatic rings. The molecular weight excluding hydrogens is 340 g/mol. The molecule has 3 aromatic heterocycles. The van der Waals surface area contributed by atoms with Gasteiger partial charge in [-0.15, -0.1) is 0 Å². The van der Waals surface area contributed by atoms with Crippen LogP contribution in [0.3, 0.4) is 0 Å². The highest BCUT2D eigenvalue weighted by atomic mass is 16.5. The van der Waals surface area contributed by atoms with Crippen LogP contribution in [-0.4, -0.2) is 33.0 Å². The minimum Gasteiger partial charge on any atom is -0.465 e. The first-order valence-electron chi connectivity index (χ1n) is 8.46. The Morgan fingerprint density at radius 1 is 0.889 bits per heavy atom. The van der Waals surface area contributed by atoms with Crippen molar-refractivity contribution in [3.8, 4) is 11.4 Å². The minimum atomic E-state index is -0.361. The van der Waals surface area contributed by atoms with Gasteiger partial charge in [-0.1, -0.05) is 12.1 Å². The SMILES string of the molecule is COC(=O)c1ccc(-c2nc3c4cccnc4c4ncccc4c3[nH]2)cc1. The third-order valence-corrected chi connectivity index (χ3v) is 4.65. The number of benzene rings is 2. The Morgan fingerprint density at radius 3 is 2.26 bits per heavy atom. The Bertz CT molecular complexity index is 1250. The quantitative estimate of drug-likeness (QED) is 0.381. The zero-order valence-corrected chi connectivity index (χ0v) is 14.4. The first-order chi connectivity index (χ1) is 13.3. The Kier molecular flexibility index (Phi) is 3.36. The van der Waals surface area contributed by atoms with Crippen molar-refractivity contribution in [3.05, 3.63) is 66.5 Å². The third-order valence-electron chi connectivity index (χ3n) is 4.65. The summed E-state index contributed by atoms with van der Waals surface area (Å²) in [7, 11) is 1.37. The molecule has 5 rings (SSSR count). The second-order valence-corrected chi connectivity index (χ2v) is 6.18. The van der Waals surface area contributed by atoms with Gasteiger partial charge in [-0.05, 0) is 36.4 Å². The van der Waals surface area contributed by atoms with Gasteiger partial charge in [0.15, 0.2) is 0 Å². The number of imidazole rings is 1. The number of aromatic amines is 1. The Morgan fingerprint density at radius 2 is 1.56 bits per heavy atom. The second kappa shape index (κ2) is 5.88. The van der Waals surface area contributed by atoms with Crippen molar-refractivity contribution in [3.63, 3.8) is 0 Å². The maximum Gasteiger partial charge on any atom is 0.337 e. The van der Waals surface area contributed by atoms with Gasteiger partial charge >= 0.3 is 5.97 Å². The summed E-state index contributed by atoms with van der Waals surface area (Å²) in [6.45, 7) is 0. The molecule has 0 amide bonds. The number of H-pyrrole nitrogens is 1. The normalized spacial score (nSPS) is 11.3. The van der Waals surface area contributed by atoms with Crippen LogP contribution in [0.4, 0.5) is 0 Å². The van der Waals surface area contributed by atoms with Crippen molar-refractivity contribution in [1.82, 2.24) is 19.9 Å². The van der Waals surface area contributed by atoms with Crippen molar-refractivity contribution in [1.29, 1.82) is 0 Å². The molecule has 1 N–H and O–H groups in total. The lowest BCUT2D eigenvalue weighted by Crippen LogP contribution is -2.00. The number of ether oxygens (including phenoxy) is 1. The zero-order chi connectivity index (χ0) is 18.4. The highest BCUT2D eigenvalue weighted by molar-refractivity contribution is 6.21. The molecule has 130 valence electrons. The summed E-state index contributed by atoms with van der Waals surface area (Å²) in [5, 5.41) is 1.93. The number of nitrogens with zero attached hydrogens (tertiary/aromatic N) is 3. The van der Waals surface area contributed by atoms with Crippen LogP contribution in [0.15, 0.2) is 60.9 Å². The largest absolute Gasteiger partial charge is 0.465 e. The van der Waals surface area contributed by atoms with Gasteiger partial charge < -0.3 is 9.72 Å². The highest BCUT2D eigenvalue weighted by Gasteiger charge is 2.15.